The molecule has 1 aliphatic rings. The van der Waals surface area contributed by atoms with Crippen molar-refractivity contribution in [2.24, 2.45) is 5.92 Å². The van der Waals surface area contributed by atoms with E-state index in [0.29, 0.717) is 18.9 Å². The van der Waals surface area contributed by atoms with Gasteiger partial charge in [0.05, 0.1) is 20.1 Å². The molecular weight excluding hydrogens is 333 g/mol. The smallest absolute Gasteiger partial charge is 0.227 e. The van der Waals surface area contributed by atoms with Crippen LogP contribution in [0.5, 0.6) is 11.5 Å². The molecule has 0 bridgehead atoms. The maximum atomic E-state index is 13.2. The first-order valence-electron chi connectivity index (χ1n) is 8.86. The molecule has 4 nitrogen and oxygen atoms in total. The average Bonchev–Trinajstić information content (AvgIpc) is 3.48. The first kappa shape index (κ1) is 18.2. The number of carbonyl (C=O) groups is 1. The average molecular weight is 357 g/mol. The second-order valence-electron chi connectivity index (χ2n) is 6.59. The fourth-order valence-corrected chi connectivity index (χ4v) is 3.23. The van der Waals surface area contributed by atoms with Crippen LogP contribution in [0, 0.1) is 11.7 Å². The minimum atomic E-state index is -0.282. The number of halogens is 1. The van der Waals surface area contributed by atoms with Crippen LogP contribution >= 0.6 is 0 Å². The van der Waals surface area contributed by atoms with Crippen molar-refractivity contribution in [3.63, 3.8) is 0 Å². The second kappa shape index (κ2) is 8.21. The van der Waals surface area contributed by atoms with Crippen LogP contribution in [-0.4, -0.2) is 26.7 Å². The summed E-state index contributed by atoms with van der Waals surface area (Å²) >= 11 is 0. The molecule has 5 heteroatoms. The molecule has 1 saturated carbocycles. The molecule has 0 saturated heterocycles. The van der Waals surface area contributed by atoms with Crippen molar-refractivity contribution < 1.29 is 18.7 Å². The van der Waals surface area contributed by atoms with Gasteiger partial charge in [0.2, 0.25) is 5.91 Å². The van der Waals surface area contributed by atoms with Gasteiger partial charge in [0, 0.05) is 12.6 Å². The molecule has 1 fully saturated rings. The Bertz CT molecular complexity index is 756. The summed E-state index contributed by atoms with van der Waals surface area (Å²) in [5.74, 6) is 1.36. The molecule has 1 N–H and O–H groups in total. The van der Waals surface area contributed by atoms with E-state index in [0.717, 1.165) is 35.5 Å². The van der Waals surface area contributed by atoms with Gasteiger partial charge in [-0.25, -0.2) is 4.39 Å². The number of benzene rings is 2. The minimum Gasteiger partial charge on any atom is -0.497 e. The number of carbonyl (C=O) groups excluding carboxylic acids is 1. The molecule has 138 valence electrons. The third-order valence-electron chi connectivity index (χ3n) is 4.79. The van der Waals surface area contributed by atoms with Crippen molar-refractivity contribution in [2.75, 3.05) is 20.8 Å². The zero-order valence-corrected chi connectivity index (χ0v) is 15.1. The number of amides is 1. The Morgan fingerprint density at radius 1 is 1.15 bits per heavy atom. The first-order valence-corrected chi connectivity index (χ1v) is 8.86. The van der Waals surface area contributed by atoms with Crippen LogP contribution in [0.15, 0.2) is 42.5 Å². The van der Waals surface area contributed by atoms with E-state index in [9.17, 15) is 9.18 Å². The molecule has 0 spiro atoms. The van der Waals surface area contributed by atoms with Gasteiger partial charge >= 0.3 is 0 Å². The van der Waals surface area contributed by atoms with Crippen molar-refractivity contribution in [1.82, 2.24) is 5.32 Å². The third kappa shape index (κ3) is 4.34. The van der Waals surface area contributed by atoms with Gasteiger partial charge in [-0.3, -0.25) is 4.79 Å². The summed E-state index contributed by atoms with van der Waals surface area (Å²) in [5, 5.41) is 3.03. The van der Waals surface area contributed by atoms with E-state index in [1.165, 1.54) is 12.1 Å². The molecular formula is C21H24FNO3. The van der Waals surface area contributed by atoms with Gasteiger partial charge in [0.25, 0.3) is 0 Å². The first-order chi connectivity index (χ1) is 12.6. The van der Waals surface area contributed by atoms with E-state index in [4.69, 9.17) is 9.47 Å². The molecule has 2 aromatic rings. The highest BCUT2D eigenvalue weighted by molar-refractivity contribution is 5.84. The van der Waals surface area contributed by atoms with E-state index in [1.54, 1.807) is 26.4 Å². The highest BCUT2D eigenvalue weighted by Crippen LogP contribution is 2.42. The molecule has 26 heavy (non-hydrogen) atoms. The van der Waals surface area contributed by atoms with E-state index in [2.05, 4.69) is 5.32 Å². The van der Waals surface area contributed by atoms with Crippen LogP contribution in [0.2, 0.25) is 0 Å². The van der Waals surface area contributed by atoms with Gasteiger partial charge in [-0.2, -0.15) is 0 Å². The number of methoxy groups -OCH3 is 2. The summed E-state index contributed by atoms with van der Waals surface area (Å²) in [4.78, 5) is 12.7. The van der Waals surface area contributed by atoms with E-state index in [1.807, 2.05) is 18.2 Å². The summed E-state index contributed by atoms with van der Waals surface area (Å²) in [6.07, 6.45) is 2.75. The Hall–Kier alpha value is -2.56. The lowest BCUT2D eigenvalue weighted by Crippen LogP contribution is -2.32. The topological polar surface area (TPSA) is 47.6 Å². The Balaban J connectivity index is 1.61. The Morgan fingerprint density at radius 3 is 2.50 bits per heavy atom. The van der Waals surface area contributed by atoms with Gasteiger partial charge in [0.1, 0.15) is 17.3 Å². The second-order valence-corrected chi connectivity index (χ2v) is 6.59. The number of hydrogen-bond donors (Lipinski definition) is 1. The maximum absolute atomic E-state index is 13.2. The predicted octanol–water partition coefficient (Wildman–Crippen LogP) is 3.70. The zero-order valence-electron chi connectivity index (χ0n) is 15.1. The number of nitrogens with one attached hydrogen (secondary N) is 1. The van der Waals surface area contributed by atoms with E-state index in [-0.39, 0.29) is 17.6 Å². The number of rotatable bonds is 8. The lowest BCUT2D eigenvalue weighted by molar-refractivity contribution is -0.123. The standard InChI is InChI=1S/C21H24FNO3/c1-25-18-10-7-14(19(13-18)26-2)11-12-23-21(24)20(15-3-4-15)16-5-8-17(22)9-6-16/h5-10,13,15,20H,3-4,11-12H2,1-2H3,(H,23,24). The van der Waals surface area contributed by atoms with Crippen LogP contribution in [-0.2, 0) is 11.2 Å². The van der Waals surface area contributed by atoms with Crippen molar-refractivity contribution in [3.8, 4) is 11.5 Å². The quantitative estimate of drug-likeness (QED) is 0.784. The van der Waals surface area contributed by atoms with Crippen LogP contribution in [0.4, 0.5) is 4.39 Å². The van der Waals surface area contributed by atoms with E-state index < -0.39 is 0 Å². The van der Waals surface area contributed by atoms with Crippen molar-refractivity contribution in [3.05, 3.63) is 59.4 Å². The predicted molar refractivity (Wildman–Crippen MR) is 98.1 cm³/mol. The lowest BCUT2D eigenvalue weighted by atomic mass is 9.93. The summed E-state index contributed by atoms with van der Waals surface area (Å²) < 4.78 is 23.8. The van der Waals surface area contributed by atoms with Crippen molar-refractivity contribution in [1.29, 1.82) is 0 Å². The Morgan fingerprint density at radius 2 is 1.88 bits per heavy atom. The number of hydrogen-bond acceptors (Lipinski definition) is 3. The molecule has 0 aromatic heterocycles. The third-order valence-corrected chi connectivity index (χ3v) is 4.79. The fraction of sp³-hybridized carbons (Fsp3) is 0.381. The summed E-state index contributed by atoms with van der Waals surface area (Å²) in [5.41, 5.74) is 1.90. The normalized spacial score (nSPS) is 14.6. The summed E-state index contributed by atoms with van der Waals surface area (Å²) in [6, 6.07) is 11.9. The Labute approximate surface area is 153 Å². The zero-order chi connectivity index (χ0) is 18.5. The molecule has 2 aromatic carbocycles. The molecule has 0 radical (unpaired) electrons. The lowest BCUT2D eigenvalue weighted by Gasteiger charge is -2.17. The van der Waals surface area contributed by atoms with Gasteiger partial charge < -0.3 is 14.8 Å². The molecule has 0 heterocycles. The van der Waals surface area contributed by atoms with Gasteiger partial charge in [0.15, 0.2) is 0 Å². The van der Waals surface area contributed by atoms with Crippen molar-refractivity contribution >= 4 is 5.91 Å². The van der Waals surface area contributed by atoms with Gasteiger partial charge in [-0.15, -0.1) is 0 Å². The minimum absolute atomic E-state index is 0.00610. The number of ether oxygens (including phenoxy) is 2. The molecule has 1 amide bonds. The van der Waals surface area contributed by atoms with Crippen LogP contribution < -0.4 is 14.8 Å². The van der Waals surface area contributed by atoms with Crippen molar-refractivity contribution in [2.45, 2.75) is 25.2 Å². The largest absolute Gasteiger partial charge is 0.497 e. The SMILES string of the molecule is COc1ccc(CCNC(=O)C(c2ccc(F)cc2)C2CC2)c(OC)c1. The Kier molecular flexibility index (Phi) is 5.76. The summed E-state index contributed by atoms with van der Waals surface area (Å²) in [7, 11) is 3.23. The maximum Gasteiger partial charge on any atom is 0.227 e. The van der Waals surface area contributed by atoms with Gasteiger partial charge in [-0.05, 0) is 54.5 Å². The summed E-state index contributed by atoms with van der Waals surface area (Å²) in [6.45, 7) is 0.520. The molecule has 0 aliphatic heterocycles. The van der Waals surface area contributed by atoms with E-state index >= 15 is 0 Å². The van der Waals surface area contributed by atoms with Gasteiger partial charge in [-0.1, -0.05) is 18.2 Å². The highest BCUT2D eigenvalue weighted by Gasteiger charge is 2.37. The van der Waals surface area contributed by atoms with Crippen LogP contribution in [0.3, 0.4) is 0 Å². The molecule has 1 atom stereocenters. The van der Waals surface area contributed by atoms with Crippen LogP contribution in [0.25, 0.3) is 0 Å². The molecule has 1 unspecified atom stereocenters. The highest BCUT2D eigenvalue weighted by atomic mass is 19.1. The monoisotopic (exact) mass is 357 g/mol. The van der Waals surface area contributed by atoms with Crippen LogP contribution in [0.1, 0.15) is 29.9 Å². The fourth-order valence-electron chi connectivity index (χ4n) is 3.23. The molecule has 1 aliphatic carbocycles. The molecule has 3 rings (SSSR count).